The third kappa shape index (κ3) is 4.54. The van der Waals surface area contributed by atoms with Gasteiger partial charge < -0.3 is 21.3 Å². The van der Waals surface area contributed by atoms with Gasteiger partial charge in [0.25, 0.3) is 0 Å². The molecule has 5 N–H and O–H groups in total. The second-order valence-electron chi connectivity index (χ2n) is 3.90. The number of nitrogens with one attached hydrogen (secondary N) is 1. The van der Waals surface area contributed by atoms with Gasteiger partial charge in [0.15, 0.2) is 6.04 Å². The Morgan fingerprint density at radius 1 is 1.25 bits per heavy atom. The number of carbonyl (C=O) groups excluding carboxylic acids is 2. The van der Waals surface area contributed by atoms with Crippen molar-refractivity contribution >= 4 is 23.9 Å². The zero-order valence-corrected chi connectivity index (χ0v) is 10.4. The number of amides is 2. The minimum absolute atomic E-state index is 0.345. The fourth-order valence-corrected chi connectivity index (χ4v) is 1.34. The Labute approximate surface area is 114 Å². The molecule has 0 saturated carbocycles. The van der Waals surface area contributed by atoms with Crippen LogP contribution in [0.25, 0.3) is 6.08 Å². The highest BCUT2D eigenvalue weighted by molar-refractivity contribution is 5.95. The quantitative estimate of drug-likeness (QED) is 0.514. The van der Waals surface area contributed by atoms with Gasteiger partial charge in [0, 0.05) is 11.6 Å². The van der Waals surface area contributed by atoms with Crippen LogP contribution in [-0.4, -0.2) is 40.6 Å². The Morgan fingerprint density at radius 2 is 1.85 bits per heavy atom. The first-order valence-electron chi connectivity index (χ1n) is 5.66. The first-order valence-corrected chi connectivity index (χ1v) is 5.66. The average molecular weight is 278 g/mol. The molecule has 2 amide bonds. The van der Waals surface area contributed by atoms with Crippen molar-refractivity contribution in [3.05, 3.63) is 41.5 Å². The molecule has 0 bridgehead atoms. The van der Waals surface area contributed by atoms with Gasteiger partial charge in [0.05, 0.1) is 6.61 Å². The molecule has 106 valence electrons. The van der Waals surface area contributed by atoms with Gasteiger partial charge in [0.1, 0.15) is 0 Å². The summed E-state index contributed by atoms with van der Waals surface area (Å²) in [7, 11) is 0. The van der Waals surface area contributed by atoms with Crippen LogP contribution >= 0.6 is 0 Å². The molecule has 0 aliphatic carbocycles. The van der Waals surface area contributed by atoms with E-state index in [2.05, 4.69) is 5.32 Å². The normalized spacial score (nSPS) is 12.1. The Kier molecular flexibility index (Phi) is 5.42. The van der Waals surface area contributed by atoms with Crippen LogP contribution in [0, 0.1) is 0 Å². The third-order valence-corrected chi connectivity index (χ3v) is 2.42. The highest BCUT2D eigenvalue weighted by Crippen LogP contribution is 2.05. The van der Waals surface area contributed by atoms with Crippen molar-refractivity contribution in [3.63, 3.8) is 0 Å². The third-order valence-electron chi connectivity index (χ3n) is 2.42. The largest absolute Gasteiger partial charge is 0.480 e. The summed E-state index contributed by atoms with van der Waals surface area (Å²) in [5.74, 6) is -2.52. The maximum atomic E-state index is 11.4. The van der Waals surface area contributed by atoms with Gasteiger partial charge in [-0.1, -0.05) is 12.1 Å². The summed E-state index contributed by atoms with van der Waals surface area (Å²) in [6.45, 7) is -0.692. The molecule has 0 heterocycles. The molecule has 1 aromatic rings. The van der Waals surface area contributed by atoms with E-state index in [4.69, 9.17) is 15.9 Å². The predicted molar refractivity (Wildman–Crippen MR) is 70.6 cm³/mol. The molecule has 0 saturated heterocycles. The molecule has 0 aromatic heterocycles. The molecule has 1 atom stereocenters. The summed E-state index contributed by atoms with van der Waals surface area (Å²) in [5.41, 5.74) is 6.07. The summed E-state index contributed by atoms with van der Waals surface area (Å²) in [6, 6.07) is 4.85. The van der Waals surface area contributed by atoms with Crippen molar-refractivity contribution < 1.29 is 24.6 Å². The molecule has 20 heavy (non-hydrogen) atoms. The Hall–Kier alpha value is -2.67. The Bertz CT molecular complexity index is 536. The van der Waals surface area contributed by atoms with E-state index in [0.717, 1.165) is 6.08 Å². The van der Waals surface area contributed by atoms with Gasteiger partial charge in [0.2, 0.25) is 11.8 Å². The van der Waals surface area contributed by atoms with Crippen molar-refractivity contribution in [2.75, 3.05) is 6.61 Å². The van der Waals surface area contributed by atoms with E-state index in [1.807, 2.05) is 0 Å². The molecule has 0 fully saturated rings. The molecule has 7 nitrogen and oxygen atoms in total. The van der Waals surface area contributed by atoms with Crippen molar-refractivity contribution in [1.82, 2.24) is 5.32 Å². The number of aliphatic hydroxyl groups is 1. The van der Waals surface area contributed by atoms with Crippen LogP contribution in [0.15, 0.2) is 30.3 Å². The number of primary amides is 1. The molecule has 1 aromatic carbocycles. The number of carbonyl (C=O) groups is 3. The molecule has 0 spiro atoms. The Morgan fingerprint density at radius 3 is 2.30 bits per heavy atom. The standard InChI is InChI=1S/C13H14N2O5/c14-12(18)9-4-1-8(2-5-9)3-6-11(17)15-10(7-16)13(19)20/h1-6,10,16H,7H2,(H2,14,18)(H,15,17)(H,19,20)/b6-3+. The first-order chi connectivity index (χ1) is 9.43. The van der Waals surface area contributed by atoms with Crippen LogP contribution in [0.3, 0.4) is 0 Å². The van der Waals surface area contributed by atoms with Gasteiger partial charge in [-0.05, 0) is 23.8 Å². The van der Waals surface area contributed by atoms with Crippen molar-refractivity contribution in [1.29, 1.82) is 0 Å². The van der Waals surface area contributed by atoms with Crippen LogP contribution in [0.5, 0.6) is 0 Å². The van der Waals surface area contributed by atoms with Crippen molar-refractivity contribution in [3.8, 4) is 0 Å². The minimum atomic E-state index is -1.34. The van der Waals surface area contributed by atoms with E-state index in [1.165, 1.54) is 18.2 Å². The molecule has 0 aliphatic rings. The number of carboxylic acid groups (broad SMARTS) is 1. The molecule has 7 heteroatoms. The summed E-state index contributed by atoms with van der Waals surface area (Å²) < 4.78 is 0. The van der Waals surface area contributed by atoms with E-state index in [0.29, 0.717) is 11.1 Å². The van der Waals surface area contributed by atoms with E-state index >= 15 is 0 Å². The van der Waals surface area contributed by atoms with Crippen molar-refractivity contribution in [2.45, 2.75) is 6.04 Å². The van der Waals surface area contributed by atoms with E-state index in [9.17, 15) is 14.4 Å². The summed E-state index contributed by atoms with van der Waals surface area (Å²) in [5, 5.41) is 19.5. The number of hydrogen-bond acceptors (Lipinski definition) is 4. The smallest absolute Gasteiger partial charge is 0.328 e. The molecule has 0 aliphatic heterocycles. The summed E-state index contributed by atoms with van der Waals surface area (Å²) >= 11 is 0. The topological polar surface area (TPSA) is 130 Å². The summed E-state index contributed by atoms with van der Waals surface area (Å²) in [4.78, 5) is 32.9. The maximum Gasteiger partial charge on any atom is 0.328 e. The number of carboxylic acids is 1. The molecule has 1 rings (SSSR count). The number of benzene rings is 1. The van der Waals surface area contributed by atoms with Crippen LogP contribution in [-0.2, 0) is 9.59 Å². The first kappa shape index (κ1) is 15.4. The number of rotatable bonds is 6. The lowest BCUT2D eigenvalue weighted by Crippen LogP contribution is -2.42. The summed E-state index contributed by atoms with van der Waals surface area (Å²) in [6.07, 6.45) is 2.57. The predicted octanol–water partition coefficient (Wildman–Crippen LogP) is -0.640. The fourth-order valence-electron chi connectivity index (χ4n) is 1.34. The zero-order chi connectivity index (χ0) is 15.1. The molecular weight excluding hydrogens is 264 g/mol. The minimum Gasteiger partial charge on any atom is -0.480 e. The van der Waals surface area contributed by atoms with Crippen LogP contribution in [0.2, 0.25) is 0 Å². The molecular formula is C13H14N2O5. The van der Waals surface area contributed by atoms with Gasteiger partial charge in [-0.25, -0.2) is 4.79 Å². The number of aliphatic hydroxyl groups excluding tert-OH is 1. The SMILES string of the molecule is NC(=O)c1ccc(/C=C/C(=O)NC(CO)C(=O)O)cc1. The molecule has 1 unspecified atom stereocenters. The van der Waals surface area contributed by atoms with E-state index < -0.39 is 30.4 Å². The van der Waals surface area contributed by atoms with Crippen LogP contribution < -0.4 is 11.1 Å². The highest BCUT2D eigenvalue weighted by atomic mass is 16.4. The van der Waals surface area contributed by atoms with Gasteiger partial charge in [-0.2, -0.15) is 0 Å². The van der Waals surface area contributed by atoms with Gasteiger partial charge >= 0.3 is 5.97 Å². The second-order valence-corrected chi connectivity index (χ2v) is 3.90. The fraction of sp³-hybridized carbons (Fsp3) is 0.154. The number of nitrogens with two attached hydrogens (primary N) is 1. The van der Waals surface area contributed by atoms with Crippen molar-refractivity contribution in [2.24, 2.45) is 5.73 Å². The van der Waals surface area contributed by atoms with Crippen LogP contribution in [0.1, 0.15) is 15.9 Å². The van der Waals surface area contributed by atoms with Crippen LogP contribution in [0.4, 0.5) is 0 Å². The molecule has 0 radical (unpaired) electrons. The lowest BCUT2D eigenvalue weighted by molar-refractivity contribution is -0.142. The lowest BCUT2D eigenvalue weighted by Gasteiger charge is -2.09. The second kappa shape index (κ2) is 7.05. The average Bonchev–Trinajstić information content (AvgIpc) is 2.42. The Balaban J connectivity index is 2.65. The number of aliphatic carboxylic acids is 1. The monoisotopic (exact) mass is 278 g/mol. The zero-order valence-electron chi connectivity index (χ0n) is 10.4. The maximum absolute atomic E-state index is 11.4. The van der Waals surface area contributed by atoms with Gasteiger partial charge in [-0.3, -0.25) is 9.59 Å². The highest BCUT2D eigenvalue weighted by Gasteiger charge is 2.16. The van der Waals surface area contributed by atoms with E-state index in [1.54, 1.807) is 12.1 Å². The lowest BCUT2D eigenvalue weighted by atomic mass is 10.1. The number of hydrogen-bond donors (Lipinski definition) is 4. The van der Waals surface area contributed by atoms with E-state index in [-0.39, 0.29) is 0 Å². The van der Waals surface area contributed by atoms with Gasteiger partial charge in [-0.15, -0.1) is 0 Å².